The number of rotatable bonds is 4. The van der Waals surface area contributed by atoms with E-state index in [1.807, 2.05) is 12.1 Å². The van der Waals surface area contributed by atoms with Crippen molar-refractivity contribution in [2.24, 2.45) is 11.3 Å². The number of aliphatic hydroxyl groups is 2. The predicted molar refractivity (Wildman–Crippen MR) is 123 cm³/mol. The molecule has 1 saturated carbocycles. The molecule has 0 unspecified atom stereocenters. The molecule has 0 spiro atoms. The molecule has 0 radical (unpaired) electrons. The summed E-state index contributed by atoms with van der Waals surface area (Å²) >= 11 is 0. The van der Waals surface area contributed by atoms with E-state index in [0.29, 0.717) is 16.8 Å². The summed E-state index contributed by atoms with van der Waals surface area (Å²) in [7, 11) is 1.36. The first kappa shape index (κ1) is 22.5. The second-order valence-electron chi connectivity index (χ2n) is 9.44. The quantitative estimate of drug-likeness (QED) is 0.583. The normalized spacial score (nSPS) is 32.5. The van der Waals surface area contributed by atoms with Gasteiger partial charge < -0.3 is 25.4 Å². The number of benzene rings is 2. The summed E-state index contributed by atoms with van der Waals surface area (Å²) in [6, 6.07) is 12.2. The van der Waals surface area contributed by atoms with Crippen LogP contribution in [0.15, 0.2) is 48.5 Å². The number of allylic oxidation sites excluding steroid dienone is 1. The molecule has 6 heteroatoms. The van der Waals surface area contributed by atoms with Gasteiger partial charge in [0.05, 0.1) is 17.4 Å². The molecule has 32 heavy (non-hydrogen) atoms. The van der Waals surface area contributed by atoms with E-state index in [1.165, 1.54) is 7.11 Å². The van der Waals surface area contributed by atoms with Gasteiger partial charge in [-0.3, -0.25) is 4.79 Å². The molecule has 6 nitrogen and oxygen atoms in total. The zero-order chi connectivity index (χ0) is 23.1. The van der Waals surface area contributed by atoms with Crippen LogP contribution in [0.2, 0.25) is 0 Å². The number of aliphatic hydroxyl groups excluding tert-OH is 1. The van der Waals surface area contributed by atoms with Gasteiger partial charge in [0.2, 0.25) is 0 Å². The van der Waals surface area contributed by atoms with E-state index in [1.54, 1.807) is 36.4 Å². The van der Waals surface area contributed by atoms with Gasteiger partial charge in [-0.05, 0) is 48.3 Å². The summed E-state index contributed by atoms with van der Waals surface area (Å²) in [6.07, 6.45) is 4.90. The van der Waals surface area contributed by atoms with Crippen molar-refractivity contribution in [1.29, 1.82) is 0 Å². The summed E-state index contributed by atoms with van der Waals surface area (Å²) < 4.78 is 5.40. The molecule has 170 valence electrons. The van der Waals surface area contributed by atoms with Crippen molar-refractivity contribution < 1.29 is 24.9 Å². The molecule has 4 N–H and O–H groups in total. The minimum absolute atomic E-state index is 0.0972. The summed E-state index contributed by atoms with van der Waals surface area (Å²) in [5.74, 6) is -0.368. The van der Waals surface area contributed by atoms with Crippen LogP contribution in [0.4, 0.5) is 5.69 Å². The van der Waals surface area contributed by atoms with Crippen molar-refractivity contribution in [3.8, 4) is 5.75 Å². The largest absolute Gasteiger partial charge is 0.507 e. The molecule has 4 rings (SSSR count). The monoisotopic (exact) mass is 437 g/mol. The first-order chi connectivity index (χ1) is 15.2. The second-order valence-corrected chi connectivity index (χ2v) is 9.44. The number of hydrogen-bond acceptors (Lipinski definition) is 5. The molecule has 1 amide bonds. The molecule has 1 aliphatic heterocycles. The number of carbonyl (C=O) groups excluding carboxylic acids is 1. The van der Waals surface area contributed by atoms with Crippen LogP contribution >= 0.6 is 0 Å². The second kappa shape index (κ2) is 8.35. The number of aromatic hydroxyl groups is 1. The summed E-state index contributed by atoms with van der Waals surface area (Å²) in [6.45, 7) is 4.21. The molecule has 0 saturated heterocycles. The molecule has 2 aromatic carbocycles. The van der Waals surface area contributed by atoms with Gasteiger partial charge in [-0.15, -0.1) is 0 Å². The molecule has 2 aromatic rings. The Balaban J connectivity index is 1.79. The van der Waals surface area contributed by atoms with Gasteiger partial charge in [0.15, 0.2) is 11.7 Å². The minimum Gasteiger partial charge on any atom is -0.507 e. The lowest BCUT2D eigenvalue weighted by Gasteiger charge is -2.40. The number of ether oxygens (including phenoxy) is 1. The SMILES string of the molecule is CO[C@@H]1C(=O)Nc2ccc(/C=C/[C@]3(C)CC[C@@H](O)[C@@H](C)C3)c(O)c2[C@@]1(O)c1ccccc1. The van der Waals surface area contributed by atoms with E-state index >= 15 is 0 Å². The topological polar surface area (TPSA) is 99.0 Å². The van der Waals surface area contributed by atoms with Crippen molar-refractivity contribution >= 4 is 17.7 Å². The van der Waals surface area contributed by atoms with Gasteiger partial charge in [0.1, 0.15) is 5.75 Å². The van der Waals surface area contributed by atoms with Crippen molar-refractivity contribution in [2.45, 2.75) is 50.9 Å². The highest BCUT2D eigenvalue weighted by atomic mass is 16.5. The molecule has 1 aliphatic carbocycles. The van der Waals surface area contributed by atoms with Crippen molar-refractivity contribution in [3.05, 3.63) is 65.2 Å². The maximum atomic E-state index is 12.7. The van der Waals surface area contributed by atoms with Crippen LogP contribution in [-0.4, -0.2) is 40.5 Å². The number of phenols is 1. The third-order valence-corrected chi connectivity index (χ3v) is 7.04. The van der Waals surface area contributed by atoms with Crippen LogP contribution in [0, 0.1) is 11.3 Å². The average Bonchev–Trinajstić information content (AvgIpc) is 2.77. The van der Waals surface area contributed by atoms with Gasteiger partial charge in [-0.2, -0.15) is 0 Å². The van der Waals surface area contributed by atoms with E-state index < -0.39 is 17.6 Å². The zero-order valence-corrected chi connectivity index (χ0v) is 18.7. The Kier molecular flexibility index (Phi) is 5.88. The number of phenolic OH excluding ortho intramolecular Hbond substituents is 1. The third kappa shape index (κ3) is 3.72. The number of amides is 1. The lowest BCUT2D eigenvalue weighted by molar-refractivity contribution is -0.142. The van der Waals surface area contributed by atoms with Crippen LogP contribution in [-0.2, 0) is 15.1 Å². The van der Waals surface area contributed by atoms with Crippen molar-refractivity contribution in [1.82, 2.24) is 0 Å². The first-order valence-corrected chi connectivity index (χ1v) is 11.0. The maximum absolute atomic E-state index is 12.7. The number of hydrogen-bond donors (Lipinski definition) is 4. The van der Waals surface area contributed by atoms with E-state index in [2.05, 4.69) is 25.2 Å². The Morgan fingerprint density at radius 3 is 2.56 bits per heavy atom. The Hall–Kier alpha value is -2.67. The predicted octanol–water partition coefficient (Wildman–Crippen LogP) is 3.80. The Labute approximate surface area is 188 Å². The lowest BCUT2D eigenvalue weighted by atomic mass is 9.70. The highest BCUT2D eigenvalue weighted by Gasteiger charge is 2.51. The van der Waals surface area contributed by atoms with Crippen LogP contribution < -0.4 is 5.32 Å². The van der Waals surface area contributed by atoms with E-state index in [9.17, 15) is 20.1 Å². The number of anilines is 1. The Morgan fingerprint density at radius 1 is 1.19 bits per heavy atom. The molecule has 5 atom stereocenters. The molecule has 2 aliphatic rings. The lowest BCUT2D eigenvalue weighted by Crippen LogP contribution is -2.52. The van der Waals surface area contributed by atoms with Crippen molar-refractivity contribution in [2.75, 3.05) is 12.4 Å². The van der Waals surface area contributed by atoms with Crippen LogP contribution in [0.3, 0.4) is 0 Å². The number of nitrogens with one attached hydrogen (secondary N) is 1. The van der Waals surface area contributed by atoms with Crippen LogP contribution in [0.1, 0.15) is 49.8 Å². The summed E-state index contributed by atoms with van der Waals surface area (Å²) in [4.78, 5) is 12.7. The molecule has 1 heterocycles. The molecular formula is C26H31NO5. The fraction of sp³-hybridized carbons (Fsp3) is 0.423. The number of fused-ring (bicyclic) bond motifs is 1. The average molecular weight is 438 g/mol. The van der Waals surface area contributed by atoms with E-state index in [0.717, 1.165) is 19.3 Å². The fourth-order valence-electron chi connectivity index (χ4n) is 5.19. The summed E-state index contributed by atoms with van der Waals surface area (Å²) in [5.41, 5.74) is -0.375. The van der Waals surface area contributed by atoms with Crippen molar-refractivity contribution in [3.63, 3.8) is 0 Å². The van der Waals surface area contributed by atoms with Gasteiger partial charge in [0.25, 0.3) is 5.91 Å². The van der Waals surface area contributed by atoms with E-state index in [4.69, 9.17) is 4.74 Å². The molecule has 0 bridgehead atoms. The zero-order valence-electron chi connectivity index (χ0n) is 18.7. The van der Waals surface area contributed by atoms with E-state index in [-0.39, 0.29) is 28.7 Å². The van der Waals surface area contributed by atoms with Crippen LogP contribution in [0.5, 0.6) is 5.75 Å². The third-order valence-electron chi connectivity index (χ3n) is 7.04. The highest BCUT2D eigenvalue weighted by Crippen LogP contribution is 2.48. The molecule has 0 aromatic heterocycles. The Morgan fingerprint density at radius 2 is 1.91 bits per heavy atom. The van der Waals surface area contributed by atoms with Gasteiger partial charge in [-0.25, -0.2) is 0 Å². The van der Waals surface area contributed by atoms with Gasteiger partial charge >= 0.3 is 0 Å². The molecule has 1 fully saturated rings. The van der Waals surface area contributed by atoms with Crippen LogP contribution in [0.25, 0.3) is 6.08 Å². The maximum Gasteiger partial charge on any atom is 0.257 e. The summed E-state index contributed by atoms with van der Waals surface area (Å²) in [5, 5.41) is 36.0. The van der Waals surface area contributed by atoms with Gasteiger partial charge in [0, 0.05) is 12.7 Å². The molecular weight excluding hydrogens is 406 g/mol. The minimum atomic E-state index is -1.85. The standard InChI is InChI=1S/C26H31NO5/c1-16-15-25(2,14-12-20(16)28)13-11-17-9-10-19-21(22(17)29)26(31,18-7-5-4-6-8-18)23(32-3)24(30)27-19/h4-11,13,16,20,23,28-29,31H,12,14-15H2,1-3H3,(H,27,30)/b13-11+/t16-,20+,23+,25+,26-/m0/s1. The smallest absolute Gasteiger partial charge is 0.257 e. The highest BCUT2D eigenvalue weighted by molar-refractivity contribution is 6.00. The fourth-order valence-corrected chi connectivity index (χ4v) is 5.19. The Bertz CT molecular complexity index is 1040. The number of carbonyl (C=O) groups is 1. The van der Waals surface area contributed by atoms with Gasteiger partial charge in [-0.1, -0.05) is 56.3 Å². The first-order valence-electron chi connectivity index (χ1n) is 11.0. The number of methoxy groups -OCH3 is 1.